The Morgan fingerprint density at radius 2 is 1.68 bits per heavy atom. The molecule has 1 aliphatic heterocycles. The highest BCUT2D eigenvalue weighted by atomic mass is 32.1. The smallest absolute Gasteiger partial charge is 0.264 e. The molecule has 1 N–H and O–H groups in total. The van der Waals surface area contributed by atoms with Gasteiger partial charge in [-0.1, -0.05) is 6.42 Å². The maximum absolute atomic E-state index is 12.9. The van der Waals surface area contributed by atoms with Gasteiger partial charge in [-0.25, -0.2) is 0 Å². The molecule has 5 heteroatoms. The van der Waals surface area contributed by atoms with E-state index in [1.165, 1.54) is 29.7 Å². The van der Waals surface area contributed by atoms with Crippen LogP contribution in [0.4, 0.5) is 5.69 Å². The summed E-state index contributed by atoms with van der Waals surface area (Å²) in [5.41, 5.74) is 2.52. The standard InChI is InChI=1S/C20H24N2O2S/c23-17-8-6-16(7-9-17)21-10-12-22(13-11-21)20(24)19-14-15-4-2-1-3-5-18(15)25-19/h6-9,14,23H,1-5,10-13H2. The minimum Gasteiger partial charge on any atom is -0.508 e. The Morgan fingerprint density at radius 1 is 0.960 bits per heavy atom. The van der Waals surface area contributed by atoms with E-state index in [2.05, 4.69) is 11.0 Å². The highest BCUT2D eigenvalue weighted by molar-refractivity contribution is 7.14. The molecule has 0 radical (unpaired) electrons. The first kappa shape index (κ1) is 16.5. The van der Waals surface area contributed by atoms with E-state index < -0.39 is 0 Å². The van der Waals surface area contributed by atoms with Crippen molar-refractivity contribution in [1.29, 1.82) is 0 Å². The van der Waals surface area contributed by atoms with Gasteiger partial charge >= 0.3 is 0 Å². The number of phenolic OH excluding ortho intramolecular Hbond substituents is 1. The second kappa shape index (κ2) is 7.08. The van der Waals surface area contributed by atoms with Crippen LogP contribution in [-0.4, -0.2) is 42.1 Å². The third kappa shape index (κ3) is 3.52. The van der Waals surface area contributed by atoms with Crippen LogP contribution in [0.25, 0.3) is 0 Å². The molecule has 1 saturated heterocycles. The highest BCUT2D eigenvalue weighted by Crippen LogP contribution is 2.30. The van der Waals surface area contributed by atoms with Crippen LogP contribution in [-0.2, 0) is 12.8 Å². The predicted octanol–water partition coefficient (Wildman–Crippen LogP) is 3.69. The van der Waals surface area contributed by atoms with E-state index in [1.54, 1.807) is 23.5 Å². The van der Waals surface area contributed by atoms with Gasteiger partial charge in [-0.15, -0.1) is 11.3 Å². The third-order valence-corrected chi connectivity index (χ3v) is 6.46. The lowest BCUT2D eigenvalue weighted by Gasteiger charge is -2.36. The molecular weight excluding hydrogens is 332 g/mol. The van der Waals surface area contributed by atoms with Crippen molar-refractivity contribution in [2.75, 3.05) is 31.1 Å². The number of phenols is 1. The molecule has 25 heavy (non-hydrogen) atoms. The van der Waals surface area contributed by atoms with Crippen LogP contribution in [0.3, 0.4) is 0 Å². The molecule has 1 fully saturated rings. The van der Waals surface area contributed by atoms with E-state index in [0.717, 1.165) is 49.6 Å². The summed E-state index contributed by atoms with van der Waals surface area (Å²) in [6, 6.07) is 9.45. The number of hydrogen-bond acceptors (Lipinski definition) is 4. The number of nitrogens with zero attached hydrogens (tertiary/aromatic N) is 2. The molecule has 0 spiro atoms. The molecule has 1 aromatic heterocycles. The number of carbonyl (C=O) groups is 1. The van der Waals surface area contributed by atoms with Gasteiger partial charge in [0.15, 0.2) is 0 Å². The van der Waals surface area contributed by atoms with Crippen molar-refractivity contribution in [3.63, 3.8) is 0 Å². The number of anilines is 1. The van der Waals surface area contributed by atoms with Crippen molar-refractivity contribution in [2.24, 2.45) is 0 Å². The molecule has 4 nitrogen and oxygen atoms in total. The number of aryl methyl sites for hydroxylation is 2. The fraction of sp³-hybridized carbons (Fsp3) is 0.450. The summed E-state index contributed by atoms with van der Waals surface area (Å²) >= 11 is 1.72. The van der Waals surface area contributed by atoms with Gasteiger partial charge in [-0.3, -0.25) is 4.79 Å². The van der Waals surface area contributed by atoms with E-state index in [9.17, 15) is 9.90 Å². The fourth-order valence-corrected chi connectivity index (χ4v) is 4.98. The zero-order chi connectivity index (χ0) is 17.2. The van der Waals surface area contributed by atoms with Gasteiger partial charge in [-0.2, -0.15) is 0 Å². The van der Waals surface area contributed by atoms with Crippen LogP contribution < -0.4 is 4.90 Å². The van der Waals surface area contributed by atoms with E-state index in [1.807, 2.05) is 17.0 Å². The molecule has 2 aromatic rings. The van der Waals surface area contributed by atoms with E-state index in [0.29, 0.717) is 0 Å². The molecule has 0 saturated carbocycles. The quantitative estimate of drug-likeness (QED) is 0.835. The minimum atomic E-state index is 0.198. The molecule has 0 atom stereocenters. The molecule has 0 bridgehead atoms. The molecule has 4 rings (SSSR count). The predicted molar refractivity (Wildman–Crippen MR) is 102 cm³/mol. The first-order valence-corrected chi connectivity index (χ1v) is 9.97. The Kier molecular flexibility index (Phi) is 4.66. The maximum atomic E-state index is 12.9. The molecule has 1 amide bonds. The molecule has 1 aliphatic carbocycles. The van der Waals surface area contributed by atoms with Crippen molar-refractivity contribution < 1.29 is 9.90 Å². The Labute approximate surface area is 152 Å². The van der Waals surface area contributed by atoms with E-state index >= 15 is 0 Å². The van der Waals surface area contributed by atoms with Gasteiger partial charge < -0.3 is 14.9 Å². The minimum absolute atomic E-state index is 0.198. The summed E-state index contributed by atoms with van der Waals surface area (Å²) in [7, 11) is 0. The van der Waals surface area contributed by atoms with Crippen LogP contribution in [0.5, 0.6) is 5.75 Å². The first-order chi connectivity index (χ1) is 12.2. The SMILES string of the molecule is O=C(c1cc2c(s1)CCCCC2)N1CCN(c2ccc(O)cc2)CC1. The van der Waals surface area contributed by atoms with Crippen molar-refractivity contribution in [1.82, 2.24) is 4.90 Å². The van der Waals surface area contributed by atoms with Crippen molar-refractivity contribution in [3.05, 3.63) is 45.6 Å². The summed E-state index contributed by atoms with van der Waals surface area (Å²) in [6.45, 7) is 3.17. The third-order valence-electron chi connectivity index (χ3n) is 5.24. The molecule has 0 unspecified atom stereocenters. The number of piperazine rings is 1. The van der Waals surface area contributed by atoms with Crippen LogP contribution in [0, 0.1) is 0 Å². The van der Waals surface area contributed by atoms with Crippen molar-refractivity contribution in [2.45, 2.75) is 32.1 Å². The number of benzene rings is 1. The zero-order valence-electron chi connectivity index (χ0n) is 14.4. The summed E-state index contributed by atoms with van der Waals surface area (Å²) in [5, 5.41) is 9.41. The average Bonchev–Trinajstić information content (AvgIpc) is 2.92. The van der Waals surface area contributed by atoms with Crippen LogP contribution in [0.15, 0.2) is 30.3 Å². The van der Waals surface area contributed by atoms with Gasteiger partial charge in [0.25, 0.3) is 5.91 Å². The summed E-state index contributed by atoms with van der Waals surface area (Å²) in [6.07, 6.45) is 6.09. The lowest BCUT2D eigenvalue weighted by atomic mass is 10.1. The van der Waals surface area contributed by atoms with Crippen molar-refractivity contribution >= 4 is 22.9 Å². The van der Waals surface area contributed by atoms with Gasteiger partial charge in [0.2, 0.25) is 0 Å². The molecule has 1 aromatic carbocycles. The number of aromatic hydroxyl groups is 1. The molecule has 2 heterocycles. The molecule has 2 aliphatic rings. The van der Waals surface area contributed by atoms with E-state index in [4.69, 9.17) is 0 Å². The summed E-state index contributed by atoms with van der Waals surface area (Å²) < 4.78 is 0. The van der Waals surface area contributed by atoms with Crippen LogP contribution in [0.1, 0.15) is 39.4 Å². The lowest BCUT2D eigenvalue weighted by Crippen LogP contribution is -2.48. The number of hydrogen-bond donors (Lipinski definition) is 1. The second-order valence-electron chi connectivity index (χ2n) is 6.92. The van der Waals surface area contributed by atoms with Crippen LogP contribution in [0.2, 0.25) is 0 Å². The summed E-state index contributed by atoms with van der Waals surface area (Å²) in [4.78, 5) is 19.5. The molecule has 132 valence electrons. The van der Waals surface area contributed by atoms with Gasteiger partial charge in [0, 0.05) is 36.7 Å². The van der Waals surface area contributed by atoms with Gasteiger partial charge in [-0.05, 0) is 61.6 Å². The van der Waals surface area contributed by atoms with Gasteiger partial charge in [0.05, 0.1) is 4.88 Å². The van der Waals surface area contributed by atoms with Crippen LogP contribution >= 0.6 is 11.3 Å². The topological polar surface area (TPSA) is 43.8 Å². The number of amides is 1. The highest BCUT2D eigenvalue weighted by Gasteiger charge is 2.25. The number of rotatable bonds is 2. The normalized spacial score (nSPS) is 17.9. The molecular formula is C20H24N2O2S. The Balaban J connectivity index is 1.40. The van der Waals surface area contributed by atoms with Crippen molar-refractivity contribution in [3.8, 4) is 5.75 Å². The Morgan fingerprint density at radius 3 is 2.44 bits per heavy atom. The Bertz CT molecular complexity index is 722. The summed E-state index contributed by atoms with van der Waals surface area (Å²) in [5.74, 6) is 0.485. The second-order valence-corrected chi connectivity index (χ2v) is 8.05. The lowest BCUT2D eigenvalue weighted by molar-refractivity contribution is 0.0751. The zero-order valence-corrected chi connectivity index (χ0v) is 15.2. The first-order valence-electron chi connectivity index (χ1n) is 9.15. The number of fused-ring (bicyclic) bond motifs is 1. The number of carbonyl (C=O) groups excluding carboxylic acids is 1. The largest absolute Gasteiger partial charge is 0.508 e. The Hall–Kier alpha value is -2.01. The average molecular weight is 356 g/mol. The maximum Gasteiger partial charge on any atom is 0.264 e. The van der Waals surface area contributed by atoms with Gasteiger partial charge in [0.1, 0.15) is 5.75 Å². The number of thiophene rings is 1. The van der Waals surface area contributed by atoms with E-state index in [-0.39, 0.29) is 11.7 Å². The monoisotopic (exact) mass is 356 g/mol. The fourth-order valence-electron chi connectivity index (χ4n) is 3.76.